The first-order chi connectivity index (χ1) is 12.7. The predicted octanol–water partition coefficient (Wildman–Crippen LogP) is 2.45. The molecule has 6 nitrogen and oxygen atoms in total. The van der Waals surface area contributed by atoms with Gasteiger partial charge in [-0.1, -0.05) is 0 Å². The first-order valence-corrected chi connectivity index (χ1v) is 11.2. The number of thioether (sulfide) groups is 1. The zero-order valence-corrected chi connectivity index (χ0v) is 16.6. The summed E-state index contributed by atoms with van der Waals surface area (Å²) >= 11 is 2.09. The largest absolute Gasteiger partial charge is 0.335 e. The van der Waals surface area contributed by atoms with E-state index in [4.69, 9.17) is 0 Å². The Morgan fingerprint density at radius 3 is 2.58 bits per heavy atom. The van der Waals surface area contributed by atoms with Crippen molar-refractivity contribution in [3.05, 3.63) is 18.0 Å². The quantitative estimate of drug-likeness (QED) is 0.856. The van der Waals surface area contributed by atoms with E-state index in [1.54, 1.807) is 4.68 Å². The van der Waals surface area contributed by atoms with E-state index in [1.165, 1.54) is 24.3 Å². The maximum atomic E-state index is 12.9. The molecule has 1 saturated carbocycles. The second kappa shape index (κ2) is 8.21. The van der Waals surface area contributed by atoms with Gasteiger partial charge in [-0.15, -0.1) is 0 Å². The van der Waals surface area contributed by atoms with Gasteiger partial charge in [0.1, 0.15) is 0 Å². The highest BCUT2D eigenvalue weighted by molar-refractivity contribution is 7.99. The lowest BCUT2D eigenvalue weighted by atomic mass is 10.0. The van der Waals surface area contributed by atoms with Gasteiger partial charge in [-0.2, -0.15) is 16.9 Å². The first-order valence-electron chi connectivity index (χ1n) is 10.1. The third-order valence-corrected chi connectivity index (χ3v) is 6.97. The fourth-order valence-electron chi connectivity index (χ4n) is 4.22. The number of aryl methyl sites for hydroxylation is 1. The van der Waals surface area contributed by atoms with Crippen LogP contribution in [0.1, 0.15) is 44.1 Å². The number of hydrogen-bond donors (Lipinski definition) is 1. The monoisotopic (exact) mass is 377 g/mol. The lowest BCUT2D eigenvalue weighted by molar-refractivity contribution is 0.131. The van der Waals surface area contributed by atoms with Crippen LogP contribution in [-0.2, 0) is 13.6 Å². The van der Waals surface area contributed by atoms with Crippen molar-refractivity contribution < 1.29 is 4.79 Å². The number of rotatable bonds is 5. The van der Waals surface area contributed by atoms with E-state index in [2.05, 4.69) is 27.1 Å². The van der Waals surface area contributed by atoms with Gasteiger partial charge in [-0.25, -0.2) is 4.79 Å². The molecule has 3 heterocycles. The molecule has 1 aliphatic carbocycles. The van der Waals surface area contributed by atoms with Gasteiger partial charge in [0.2, 0.25) is 0 Å². The zero-order valence-electron chi connectivity index (χ0n) is 15.8. The van der Waals surface area contributed by atoms with Crippen LogP contribution in [0.5, 0.6) is 0 Å². The lowest BCUT2D eigenvalue weighted by Gasteiger charge is -2.39. The molecule has 1 N–H and O–H groups in total. The number of amides is 2. The normalized spacial score (nSPS) is 23.1. The van der Waals surface area contributed by atoms with E-state index in [9.17, 15) is 4.79 Å². The highest BCUT2D eigenvalue weighted by atomic mass is 32.2. The van der Waals surface area contributed by atoms with Crippen LogP contribution in [0.25, 0.3) is 0 Å². The van der Waals surface area contributed by atoms with Gasteiger partial charge in [0, 0.05) is 50.0 Å². The minimum Gasteiger partial charge on any atom is -0.335 e. The summed E-state index contributed by atoms with van der Waals surface area (Å²) in [5, 5.41) is 7.55. The number of urea groups is 1. The molecule has 0 unspecified atom stereocenters. The van der Waals surface area contributed by atoms with Gasteiger partial charge < -0.3 is 15.1 Å². The molecular weight excluding hydrogens is 346 g/mol. The van der Waals surface area contributed by atoms with Crippen LogP contribution in [0.15, 0.2) is 12.4 Å². The molecule has 2 aliphatic heterocycles. The summed E-state index contributed by atoms with van der Waals surface area (Å²) in [5.41, 5.74) is 1.11. The Labute approximate surface area is 160 Å². The van der Waals surface area contributed by atoms with Crippen LogP contribution >= 0.6 is 11.8 Å². The summed E-state index contributed by atoms with van der Waals surface area (Å²) in [6, 6.07) is 1.63. The first kappa shape index (κ1) is 18.2. The lowest BCUT2D eigenvalue weighted by Crippen LogP contribution is -2.51. The van der Waals surface area contributed by atoms with Crippen molar-refractivity contribution in [1.29, 1.82) is 0 Å². The van der Waals surface area contributed by atoms with Crippen molar-refractivity contribution >= 4 is 17.8 Å². The van der Waals surface area contributed by atoms with Gasteiger partial charge in [0.25, 0.3) is 0 Å². The molecule has 1 aromatic rings. The van der Waals surface area contributed by atoms with E-state index in [0.717, 1.165) is 50.4 Å². The molecule has 2 amide bonds. The number of hydrogen-bond acceptors (Lipinski definition) is 4. The smallest absolute Gasteiger partial charge is 0.318 e. The van der Waals surface area contributed by atoms with E-state index in [-0.39, 0.29) is 6.03 Å². The van der Waals surface area contributed by atoms with Crippen molar-refractivity contribution in [3.63, 3.8) is 0 Å². The van der Waals surface area contributed by atoms with Crippen LogP contribution in [0.2, 0.25) is 0 Å². The van der Waals surface area contributed by atoms with Crippen molar-refractivity contribution in [2.45, 2.75) is 63.2 Å². The second-order valence-corrected chi connectivity index (χ2v) is 9.21. The molecule has 0 spiro atoms. The molecule has 7 heteroatoms. The number of carbonyl (C=O) groups excluding carboxylic acids is 1. The van der Waals surface area contributed by atoms with E-state index in [0.29, 0.717) is 18.6 Å². The number of nitrogens with zero attached hydrogens (tertiary/aromatic N) is 4. The Balaban J connectivity index is 1.27. The topological polar surface area (TPSA) is 53.4 Å². The van der Waals surface area contributed by atoms with Gasteiger partial charge in [0.15, 0.2) is 0 Å². The molecule has 2 saturated heterocycles. The molecule has 4 rings (SSSR count). The van der Waals surface area contributed by atoms with Crippen LogP contribution in [0.3, 0.4) is 0 Å². The number of carbonyl (C=O) groups is 1. The fraction of sp³-hybridized carbons (Fsp3) is 0.789. The molecule has 0 aromatic carbocycles. The highest BCUT2D eigenvalue weighted by Gasteiger charge is 2.34. The molecule has 3 fully saturated rings. The number of likely N-dealkylation sites (tertiary alicyclic amines) is 1. The molecule has 1 aromatic heterocycles. The Morgan fingerprint density at radius 1 is 1.23 bits per heavy atom. The number of nitrogens with one attached hydrogen (secondary N) is 1. The Hall–Kier alpha value is -1.21. The second-order valence-electron chi connectivity index (χ2n) is 7.98. The molecule has 0 bridgehead atoms. The van der Waals surface area contributed by atoms with Crippen LogP contribution < -0.4 is 5.32 Å². The molecular formula is C19H31N5OS. The van der Waals surface area contributed by atoms with Gasteiger partial charge in [-0.3, -0.25) is 4.68 Å². The summed E-state index contributed by atoms with van der Waals surface area (Å²) in [4.78, 5) is 17.5. The maximum absolute atomic E-state index is 12.9. The van der Waals surface area contributed by atoms with Crippen molar-refractivity contribution in [1.82, 2.24) is 24.9 Å². The minimum atomic E-state index is 0.115. The Kier molecular flexibility index (Phi) is 5.74. The summed E-state index contributed by atoms with van der Waals surface area (Å²) in [6.07, 6.45) is 11.0. The summed E-state index contributed by atoms with van der Waals surface area (Å²) in [6.45, 7) is 2.93. The summed E-state index contributed by atoms with van der Waals surface area (Å²) in [5.74, 6) is 2.62. The third kappa shape index (κ3) is 4.55. The molecule has 144 valence electrons. The summed E-state index contributed by atoms with van der Waals surface area (Å²) in [7, 11) is 1.92. The summed E-state index contributed by atoms with van der Waals surface area (Å²) < 4.78 is 1.80. The Morgan fingerprint density at radius 2 is 1.96 bits per heavy atom. The van der Waals surface area contributed by atoms with Gasteiger partial charge in [0.05, 0.1) is 12.7 Å². The SMILES string of the molecule is Cn1cc(CN(C(=O)NC2CCN(C3CCSCC3)CC2)C2CC2)cn1. The molecule has 26 heavy (non-hydrogen) atoms. The Bertz CT molecular complexity index is 603. The third-order valence-electron chi connectivity index (χ3n) is 5.92. The zero-order chi connectivity index (χ0) is 17.9. The van der Waals surface area contributed by atoms with Gasteiger partial charge in [-0.05, 0) is 50.0 Å². The number of aromatic nitrogens is 2. The van der Waals surface area contributed by atoms with Crippen molar-refractivity contribution in [2.75, 3.05) is 24.6 Å². The maximum Gasteiger partial charge on any atom is 0.318 e. The van der Waals surface area contributed by atoms with E-state index >= 15 is 0 Å². The standard InChI is InChI=1S/C19H31N5OS/c1-22-13-15(12-20-22)14-24(18-2-3-18)19(25)21-16-4-8-23(9-5-16)17-6-10-26-11-7-17/h12-13,16-18H,2-11,14H2,1H3,(H,21,25). The van der Waals surface area contributed by atoms with E-state index < -0.39 is 0 Å². The van der Waals surface area contributed by atoms with Crippen LogP contribution in [-0.4, -0.2) is 68.3 Å². The molecule has 3 aliphatic rings. The number of piperidine rings is 1. The van der Waals surface area contributed by atoms with Crippen LogP contribution in [0.4, 0.5) is 4.79 Å². The van der Waals surface area contributed by atoms with E-state index in [1.807, 2.05) is 24.3 Å². The average molecular weight is 378 g/mol. The van der Waals surface area contributed by atoms with Crippen LogP contribution in [0, 0.1) is 0 Å². The minimum absolute atomic E-state index is 0.115. The molecule has 0 radical (unpaired) electrons. The fourth-order valence-corrected chi connectivity index (χ4v) is 5.30. The van der Waals surface area contributed by atoms with Gasteiger partial charge >= 0.3 is 6.03 Å². The highest BCUT2D eigenvalue weighted by Crippen LogP contribution is 2.29. The van der Waals surface area contributed by atoms with Crippen molar-refractivity contribution in [2.24, 2.45) is 7.05 Å². The predicted molar refractivity (Wildman–Crippen MR) is 105 cm³/mol. The molecule has 0 atom stereocenters. The average Bonchev–Trinajstić information content (AvgIpc) is 3.42. The van der Waals surface area contributed by atoms with Crippen molar-refractivity contribution in [3.8, 4) is 0 Å².